The molecule has 0 saturated carbocycles. The first-order valence-corrected chi connectivity index (χ1v) is 9.88. The van der Waals surface area contributed by atoms with Gasteiger partial charge in [0.15, 0.2) is 5.11 Å². The third kappa shape index (κ3) is 6.16. The smallest absolute Gasteiger partial charge is 0.257 e. The zero-order valence-corrected chi connectivity index (χ0v) is 17.4. The minimum Gasteiger partial charge on any atom is -0.493 e. The minimum absolute atomic E-state index is 0.261. The number of rotatable bonds is 6. The summed E-state index contributed by atoms with van der Waals surface area (Å²) in [5, 5.41) is 6.06. The number of aryl methyl sites for hydroxylation is 2. The fourth-order valence-corrected chi connectivity index (χ4v) is 3.14. The molecule has 3 rings (SSSR count). The van der Waals surface area contributed by atoms with Crippen LogP contribution in [0.4, 0.5) is 5.69 Å². The lowest BCUT2D eigenvalue weighted by molar-refractivity contribution is 0.0977. The molecular weight excluding hydrogens is 380 g/mol. The first-order valence-electron chi connectivity index (χ1n) is 9.47. The first-order chi connectivity index (χ1) is 14.0. The average molecular weight is 405 g/mol. The molecule has 0 heterocycles. The average Bonchev–Trinajstić information content (AvgIpc) is 2.71. The molecule has 1 amide bonds. The van der Waals surface area contributed by atoms with Gasteiger partial charge in [-0.2, -0.15) is 0 Å². The van der Waals surface area contributed by atoms with Crippen LogP contribution in [-0.2, 0) is 6.42 Å². The molecule has 3 aromatic carbocycles. The lowest BCUT2D eigenvalue weighted by atomic mass is 10.1. The van der Waals surface area contributed by atoms with Gasteiger partial charge in [-0.3, -0.25) is 10.1 Å². The molecule has 148 valence electrons. The van der Waals surface area contributed by atoms with Gasteiger partial charge < -0.3 is 10.1 Å². The van der Waals surface area contributed by atoms with Gasteiger partial charge in [-0.05, 0) is 61.5 Å². The molecule has 29 heavy (non-hydrogen) atoms. The highest BCUT2D eigenvalue weighted by molar-refractivity contribution is 7.80. The van der Waals surface area contributed by atoms with E-state index >= 15 is 0 Å². The third-order valence-electron chi connectivity index (χ3n) is 4.46. The highest BCUT2D eigenvalue weighted by Gasteiger charge is 2.10. The summed E-state index contributed by atoms with van der Waals surface area (Å²) in [6.07, 6.45) is 0.807. The van der Waals surface area contributed by atoms with Crippen molar-refractivity contribution in [2.75, 3.05) is 11.9 Å². The van der Waals surface area contributed by atoms with E-state index in [1.54, 1.807) is 18.2 Å². The molecule has 0 aliphatic heterocycles. The van der Waals surface area contributed by atoms with E-state index in [-0.39, 0.29) is 11.0 Å². The minimum atomic E-state index is -0.277. The Hall–Kier alpha value is -3.18. The number of carbonyl (C=O) groups is 1. The number of anilines is 1. The van der Waals surface area contributed by atoms with E-state index in [1.807, 2.05) is 50.2 Å². The number of nitrogens with one attached hydrogen (secondary N) is 2. The highest BCUT2D eigenvalue weighted by atomic mass is 32.1. The van der Waals surface area contributed by atoms with Crippen LogP contribution < -0.4 is 15.4 Å². The molecule has 0 aromatic heterocycles. The number of ether oxygens (including phenoxy) is 1. The van der Waals surface area contributed by atoms with Gasteiger partial charge in [-0.1, -0.05) is 54.1 Å². The second-order valence-corrected chi connectivity index (χ2v) is 7.25. The van der Waals surface area contributed by atoms with E-state index in [9.17, 15) is 4.79 Å². The van der Waals surface area contributed by atoms with Crippen molar-refractivity contribution in [2.45, 2.75) is 20.3 Å². The van der Waals surface area contributed by atoms with Crippen molar-refractivity contribution in [1.29, 1.82) is 0 Å². The Labute approximate surface area is 176 Å². The van der Waals surface area contributed by atoms with Crippen LogP contribution in [0.3, 0.4) is 0 Å². The zero-order chi connectivity index (χ0) is 20.6. The van der Waals surface area contributed by atoms with Crippen molar-refractivity contribution in [3.8, 4) is 5.75 Å². The van der Waals surface area contributed by atoms with Crippen LogP contribution >= 0.6 is 12.2 Å². The van der Waals surface area contributed by atoms with E-state index < -0.39 is 0 Å². The van der Waals surface area contributed by atoms with Crippen LogP contribution in [0.1, 0.15) is 27.0 Å². The normalized spacial score (nSPS) is 10.3. The Morgan fingerprint density at radius 3 is 2.52 bits per heavy atom. The SMILES string of the molecule is Cc1ccc(NC(=S)NC(=O)c2cccc(OCCc3ccccc3)c2)c(C)c1. The van der Waals surface area contributed by atoms with Gasteiger partial charge in [0.1, 0.15) is 5.75 Å². The number of hydrogen-bond donors (Lipinski definition) is 2. The molecule has 0 aliphatic carbocycles. The predicted molar refractivity (Wildman–Crippen MR) is 122 cm³/mol. The van der Waals surface area contributed by atoms with Gasteiger partial charge in [0.25, 0.3) is 5.91 Å². The van der Waals surface area contributed by atoms with E-state index in [1.165, 1.54) is 11.1 Å². The molecule has 0 fully saturated rings. The van der Waals surface area contributed by atoms with Crippen LogP contribution in [0.2, 0.25) is 0 Å². The van der Waals surface area contributed by atoms with Crippen molar-refractivity contribution in [2.24, 2.45) is 0 Å². The summed E-state index contributed by atoms with van der Waals surface area (Å²) in [4.78, 5) is 12.5. The molecular formula is C24H24N2O2S. The quantitative estimate of drug-likeness (QED) is 0.565. The molecule has 0 unspecified atom stereocenters. The van der Waals surface area contributed by atoms with Crippen LogP contribution in [0.15, 0.2) is 72.8 Å². The largest absolute Gasteiger partial charge is 0.493 e. The molecule has 0 saturated heterocycles. The fraction of sp³-hybridized carbons (Fsp3) is 0.167. The van der Waals surface area contributed by atoms with Gasteiger partial charge in [-0.25, -0.2) is 0 Å². The van der Waals surface area contributed by atoms with Crippen LogP contribution in [0, 0.1) is 13.8 Å². The van der Waals surface area contributed by atoms with E-state index in [0.717, 1.165) is 17.7 Å². The summed E-state index contributed by atoms with van der Waals surface area (Å²) < 4.78 is 5.80. The Balaban J connectivity index is 1.55. The summed E-state index contributed by atoms with van der Waals surface area (Å²) in [5.41, 5.74) is 4.82. The second kappa shape index (κ2) is 9.85. The summed E-state index contributed by atoms with van der Waals surface area (Å²) in [5.74, 6) is 0.377. The first kappa shape index (κ1) is 20.6. The Kier molecular flexibility index (Phi) is 6.98. The van der Waals surface area contributed by atoms with E-state index in [0.29, 0.717) is 17.9 Å². The molecule has 0 spiro atoms. The van der Waals surface area contributed by atoms with Gasteiger partial charge in [-0.15, -0.1) is 0 Å². The lowest BCUT2D eigenvalue weighted by Crippen LogP contribution is -2.34. The second-order valence-electron chi connectivity index (χ2n) is 6.84. The van der Waals surface area contributed by atoms with Gasteiger partial charge in [0, 0.05) is 17.7 Å². The van der Waals surface area contributed by atoms with Crippen LogP contribution in [0.5, 0.6) is 5.75 Å². The van der Waals surface area contributed by atoms with Crippen molar-refractivity contribution in [3.63, 3.8) is 0 Å². The molecule has 0 bridgehead atoms. The van der Waals surface area contributed by atoms with E-state index in [4.69, 9.17) is 17.0 Å². The van der Waals surface area contributed by atoms with Crippen LogP contribution in [0.25, 0.3) is 0 Å². The number of amides is 1. The Bertz CT molecular complexity index is 1000. The molecule has 4 nitrogen and oxygen atoms in total. The lowest BCUT2D eigenvalue weighted by Gasteiger charge is -2.13. The highest BCUT2D eigenvalue weighted by Crippen LogP contribution is 2.17. The summed E-state index contributed by atoms with van der Waals surface area (Å²) >= 11 is 5.29. The maximum absolute atomic E-state index is 12.5. The topological polar surface area (TPSA) is 50.4 Å². The van der Waals surface area contributed by atoms with Crippen LogP contribution in [-0.4, -0.2) is 17.6 Å². The molecule has 0 radical (unpaired) electrons. The number of carbonyl (C=O) groups excluding carboxylic acids is 1. The summed E-state index contributed by atoms with van der Waals surface area (Å²) in [6.45, 7) is 4.57. The maximum atomic E-state index is 12.5. The predicted octanol–water partition coefficient (Wildman–Crippen LogP) is 5.05. The van der Waals surface area contributed by atoms with E-state index in [2.05, 4.69) is 28.8 Å². The molecule has 2 N–H and O–H groups in total. The summed E-state index contributed by atoms with van der Waals surface area (Å²) in [7, 11) is 0. The van der Waals surface area contributed by atoms with Crippen molar-refractivity contribution >= 4 is 28.9 Å². The molecule has 0 atom stereocenters. The molecule has 0 aliphatic rings. The maximum Gasteiger partial charge on any atom is 0.257 e. The standard InChI is InChI=1S/C24H24N2O2S/c1-17-11-12-22(18(2)15-17)25-24(29)26-23(27)20-9-6-10-21(16-20)28-14-13-19-7-4-3-5-8-19/h3-12,15-16H,13-14H2,1-2H3,(H2,25,26,27,29). The van der Waals surface area contributed by atoms with Crippen molar-refractivity contribution in [1.82, 2.24) is 5.32 Å². The van der Waals surface area contributed by atoms with Crippen molar-refractivity contribution in [3.05, 3.63) is 95.1 Å². The molecule has 5 heteroatoms. The molecule has 3 aromatic rings. The number of benzene rings is 3. The fourth-order valence-electron chi connectivity index (χ4n) is 2.94. The third-order valence-corrected chi connectivity index (χ3v) is 4.66. The zero-order valence-electron chi connectivity index (χ0n) is 16.6. The van der Waals surface area contributed by atoms with Crippen molar-refractivity contribution < 1.29 is 9.53 Å². The number of thiocarbonyl (C=S) groups is 1. The monoisotopic (exact) mass is 404 g/mol. The van der Waals surface area contributed by atoms with Gasteiger partial charge in [0.2, 0.25) is 0 Å². The van der Waals surface area contributed by atoms with Gasteiger partial charge in [0.05, 0.1) is 6.61 Å². The summed E-state index contributed by atoms with van der Waals surface area (Å²) in [6, 6.07) is 23.2. The Morgan fingerprint density at radius 2 is 1.76 bits per heavy atom. The Morgan fingerprint density at radius 1 is 0.966 bits per heavy atom. The number of hydrogen-bond acceptors (Lipinski definition) is 3. The van der Waals surface area contributed by atoms with Gasteiger partial charge >= 0.3 is 0 Å².